The molecule has 1 amide bonds. The third kappa shape index (κ3) is 2.04. The molecule has 100 valence electrons. The van der Waals surface area contributed by atoms with Gasteiger partial charge in [0.15, 0.2) is 0 Å². The van der Waals surface area contributed by atoms with E-state index < -0.39 is 11.7 Å². The van der Waals surface area contributed by atoms with Crippen LogP contribution in [-0.2, 0) is 4.79 Å². The molecule has 1 fully saturated rings. The molecule has 1 aromatic carbocycles. The largest absolute Gasteiger partial charge is 0.396 e. The number of aliphatic hydroxyl groups excluding tert-OH is 1. The number of ketones is 1. The molecular weight excluding hydrogens is 312 g/mol. The predicted molar refractivity (Wildman–Crippen MR) is 74.5 cm³/mol. The Morgan fingerprint density at radius 2 is 2.21 bits per heavy atom. The van der Waals surface area contributed by atoms with Gasteiger partial charge in [-0.1, -0.05) is 0 Å². The number of Topliss-reactive ketones (excluding diaryl/α,β-unsaturated/α-hetero) is 1. The second-order valence-corrected chi connectivity index (χ2v) is 5.77. The molecule has 5 nitrogen and oxygen atoms in total. The molecule has 6 heteroatoms. The van der Waals surface area contributed by atoms with Gasteiger partial charge in [0.05, 0.1) is 16.9 Å². The first-order valence-electron chi connectivity index (χ1n) is 6.15. The summed E-state index contributed by atoms with van der Waals surface area (Å²) in [5, 5.41) is 11.8. The Morgan fingerprint density at radius 1 is 1.42 bits per heavy atom. The van der Waals surface area contributed by atoms with Crippen molar-refractivity contribution in [3.63, 3.8) is 0 Å². The summed E-state index contributed by atoms with van der Waals surface area (Å²) in [6.45, 7) is 1.84. The lowest BCUT2D eigenvalue weighted by Crippen LogP contribution is -2.21. The van der Waals surface area contributed by atoms with Crippen LogP contribution >= 0.6 is 15.9 Å². The number of carbonyl (C=O) groups excluding carboxylic acids is 2. The van der Waals surface area contributed by atoms with Crippen LogP contribution in [-0.4, -0.2) is 36.5 Å². The Labute approximate surface area is 118 Å². The number of amides is 1. The van der Waals surface area contributed by atoms with E-state index in [2.05, 4.69) is 26.1 Å². The fraction of sp³-hybridized carbons (Fsp3) is 0.385. The molecule has 0 spiro atoms. The van der Waals surface area contributed by atoms with E-state index in [1.807, 2.05) is 6.07 Å². The van der Waals surface area contributed by atoms with E-state index in [1.165, 1.54) is 0 Å². The van der Waals surface area contributed by atoms with Gasteiger partial charge in [-0.05, 0) is 34.5 Å². The van der Waals surface area contributed by atoms with Crippen molar-refractivity contribution in [2.75, 3.05) is 29.9 Å². The number of rotatable bonds is 2. The van der Waals surface area contributed by atoms with Crippen molar-refractivity contribution in [3.8, 4) is 0 Å². The molecule has 1 unspecified atom stereocenters. The first-order valence-corrected chi connectivity index (χ1v) is 6.94. The normalized spacial score (nSPS) is 21.8. The lowest BCUT2D eigenvalue weighted by molar-refractivity contribution is -0.112. The molecule has 0 aliphatic carbocycles. The van der Waals surface area contributed by atoms with Crippen LogP contribution in [0.1, 0.15) is 16.8 Å². The summed E-state index contributed by atoms with van der Waals surface area (Å²) in [5.74, 6) is -0.776. The van der Waals surface area contributed by atoms with Gasteiger partial charge in [-0.15, -0.1) is 0 Å². The summed E-state index contributed by atoms with van der Waals surface area (Å²) in [7, 11) is 0. The minimum atomic E-state index is -0.575. The lowest BCUT2D eigenvalue weighted by atomic mass is 10.1. The van der Waals surface area contributed by atoms with Crippen LogP contribution in [0.2, 0.25) is 0 Å². The summed E-state index contributed by atoms with van der Waals surface area (Å²) in [6, 6.07) is 3.51. The van der Waals surface area contributed by atoms with E-state index in [0.717, 1.165) is 29.7 Å². The molecule has 2 aliphatic heterocycles. The molecule has 0 saturated carbocycles. The Morgan fingerprint density at radius 3 is 2.89 bits per heavy atom. The minimum absolute atomic E-state index is 0.189. The molecule has 2 heterocycles. The third-order valence-electron chi connectivity index (χ3n) is 3.67. The Balaban J connectivity index is 1.95. The van der Waals surface area contributed by atoms with Gasteiger partial charge in [0.1, 0.15) is 0 Å². The number of carbonyl (C=O) groups is 2. The van der Waals surface area contributed by atoms with E-state index in [-0.39, 0.29) is 12.5 Å². The smallest absolute Gasteiger partial charge is 0.296 e. The Kier molecular flexibility index (Phi) is 3.06. The van der Waals surface area contributed by atoms with E-state index in [4.69, 9.17) is 0 Å². The van der Waals surface area contributed by atoms with Crippen LogP contribution in [0.25, 0.3) is 0 Å². The molecular formula is C13H13BrN2O3. The molecule has 1 saturated heterocycles. The highest BCUT2D eigenvalue weighted by Gasteiger charge is 2.31. The number of nitrogens with zero attached hydrogens (tertiary/aromatic N) is 1. The quantitative estimate of drug-likeness (QED) is 0.807. The fourth-order valence-electron chi connectivity index (χ4n) is 2.60. The maximum absolute atomic E-state index is 11.6. The number of hydrogen-bond acceptors (Lipinski definition) is 4. The van der Waals surface area contributed by atoms with Crippen molar-refractivity contribution in [1.29, 1.82) is 0 Å². The molecule has 1 atom stereocenters. The topological polar surface area (TPSA) is 69.6 Å². The number of halogens is 1. The molecule has 19 heavy (non-hydrogen) atoms. The second-order valence-electron chi connectivity index (χ2n) is 4.92. The van der Waals surface area contributed by atoms with Crippen LogP contribution in [0.4, 0.5) is 11.4 Å². The Hall–Kier alpha value is -1.40. The van der Waals surface area contributed by atoms with Crippen LogP contribution in [0.5, 0.6) is 0 Å². The zero-order valence-electron chi connectivity index (χ0n) is 10.1. The number of anilines is 2. The van der Waals surface area contributed by atoms with Gasteiger partial charge in [0.2, 0.25) is 0 Å². The van der Waals surface area contributed by atoms with E-state index in [1.54, 1.807) is 6.07 Å². The highest BCUT2D eigenvalue weighted by Crippen LogP contribution is 2.37. The maximum Gasteiger partial charge on any atom is 0.296 e. The van der Waals surface area contributed by atoms with Crippen molar-refractivity contribution >= 4 is 39.0 Å². The second kappa shape index (κ2) is 4.61. The zero-order chi connectivity index (χ0) is 13.6. The summed E-state index contributed by atoms with van der Waals surface area (Å²) in [6.07, 6.45) is 0.950. The van der Waals surface area contributed by atoms with Gasteiger partial charge in [-0.2, -0.15) is 0 Å². The highest BCUT2D eigenvalue weighted by atomic mass is 79.9. The standard InChI is InChI=1S/C13H13BrN2O3/c14-9-3-8-10(15-13(19)12(8)18)4-11(9)16-2-1-7(5-16)6-17/h3-4,7,17H,1-2,5-6H2,(H,15,18,19). The molecule has 2 aliphatic rings. The molecule has 3 rings (SSSR count). The third-order valence-corrected chi connectivity index (χ3v) is 4.31. The number of fused-ring (bicyclic) bond motifs is 1. The maximum atomic E-state index is 11.6. The van der Waals surface area contributed by atoms with Gasteiger partial charge in [0, 0.05) is 30.1 Å². The van der Waals surface area contributed by atoms with Gasteiger partial charge in [-0.25, -0.2) is 0 Å². The average molecular weight is 325 g/mol. The first-order chi connectivity index (χ1) is 9.10. The Bertz CT molecular complexity index is 573. The predicted octanol–water partition coefficient (Wildman–Crippen LogP) is 1.40. The van der Waals surface area contributed by atoms with Crippen LogP contribution in [0.3, 0.4) is 0 Å². The molecule has 2 N–H and O–H groups in total. The average Bonchev–Trinajstić information content (AvgIpc) is 2.96. The fourth-order valence-corrected chi connectivity index (χ4v) is 3.19. The molecule has 0 radical (unpaired) electrons. The van der Waals surface area contributed by atoms with E-state index >= 15 is 0 Å². The van der Waals surface area contributed by atoms with Crippen LogP contribution in [0.15, 0.2) is 16.6 Å². The number of aliphatic hydroxyl groups is 1. The van der Waals surface area contributed by atoms with Gasteiger partial charge < -0.3 is 15.3 Å². The first kappa shape index (κ1) is 12.6. The monoisotopic (exact) mass is 324 g/mol. The van der Waals surface area contributed by atoms with E-state index in [0.29, 0.717) is 11.3 Å². The molecule has 0 bridgehead atoms. The van der Waals surface area contributed by atoms with Crippen molar-refractivity contribution in [2.24, 2.45) is 5.92 Å². The van der Waals surface area contributed by atoms with Gasteiger partial charge >= 0.3 is 0 Å². The SMILES string of the molecule is O=C1Nc2cc(N3CCC(CO)C3)c(Br)cc2C1=O. The summed E-state index contributed by atoms with van der Waals surface area (Å²) >= 11 is 3.45. The molecule has 1 aromatic rings. The minimum Gasteiger partial charge on any atom is -0.396 e. The van der Waals surface area contributed by atoms with Crippen LogP contribution in [0, 0.1) is 5.92 Å². The number of benzene rings is 1. The van der Waals surface area contributed by atoms with Gasteiger partial charge in [-0.3, -0.25) is 9.59 Å². The van der Waals surface area contributed by atoms with Gasteiger partial charge in [0.25, 0.3) is 11.7 Å². The zero-order valence-corrected chi connectivity index (χ0v) is 11.7. The molecule has 0 aromatic heterocycles. The van der Waals surface area contributed by atoms with Crippen molar-refractivity contribution in [2.45, 2.75) is 6.42 Å². The summed E-state index contributed by atoms with van der Waals surface area (Å²) < 4.78 is 0.801. The lowest BCUT2D eigenvalue weighted by Gasteiger charge is -2.20. The summed E-state index contributed by atoms with van der Waals surface area (Å²) in [4.78, 5) is 25.1. The van der Waals surface area contributed by atoms with Crippen molar-refractivity contribution in [1.82, 2.24) is 0 Å². The highest BCUT2D eigenvalue weighted by molar-refractivity contribution is 9.10. The number of nitrogens with one attached hydrogen (secondary N) is 1. The van der Waals surface area contributed by atoms with Crippen molar-refractivity contribution in [3.05, 3.63) is 22.2 Å². The van der Waals surface area contributed by atoms with E-state index in [9.17, 15) is 14.7 Å². The number of hydrogen-bond donors (Lipinski definition) is 2. The van der Waals surface area contributed by atoms with Crippen LogP contribution < -0.4 is 10.2 Å². The van der Waals surface area contributed by atoms with Crippen molar-refractivity contribution < 1.29 is 14.7 Å². The summed E-state index contributed by atoms with van der Waals surface area (Å²) in [5.41, 5.74) is 1.93.